The van der Waals surface area contributed by atoms with E-state index in [-0.39, 0.29) is 12.0 Å². The number of aliphatic carboxylic acids is 1. The second-order valence-corrected chi connectivity index (χ2v) is 3.84. The van der Waals surface area contributed by atoms with E-state index in [4.69, 9.17) is 5.11 Å². The molecule has 0 spiro atoms. The Hall–Kier alpha value is -2.11. The smallest absolute Gasteiger partial charge is 0.326 e. The lowest BCUT2D eigenvalue weighted by atomic mass is 10.1. The average Bonchev–Trinajstić information content (AvgIpc) is 2.28. The number of carboxylic acid groups (broad SMARTS) is 1. The van der Waals surface area contributed by atoms with Crippen molar-refractivity contribution in [1.82, 2.24) is 4.90 Å². The fourth-order valence-electron chi connectivity index (χ4n) is 1.63. The quantitative estimate of drug-likeness (QED) is 0.854. The number of aromatic hydroxyl groups is 1. The van der Waals surface area contributed by atoms with E-state index < -0.39 is 29.5 Å². The molecule has 0 radical (unpaired) electrons. The van der Waals surface area contributed by atoms with E-state index in [9.17, 15) is 19.1 Å². The largest absolute Gasteiger partial charge is 0.507 e. The van der Waals surface area contributed by atoms with Gasteiger partial charge in [-0.1, -0.05) is 6.92 Å². The number of carbonyl (C=O) groups is 2. The Balaban J connectivity index is 3.02. The first kappa shape index (κ1) is 14.0. The summed E-state index contributed by atoms with van der Waals surface area (Å²) in [5.74, 6) is -2.97. The van der Waals surface area contributed by atoms with Crippen LogP contribution in [0.3, 0.4) is 0 Å². The van der Waals surface area contributed by atoms with Crippen LogP contribution in [0.25, 0.3) is 0 Å². The van der Waals surface area contributed by atoms with Crippen molar-refractivity contribution >= 4 is 11.9 Å². The predicted octanol–water partition coefficient (Wildman–Crippen LogP) is 1.47. The Morgan fingerprint density at radius 1 is 1.44 bits per heavy atom. The average molecular weight is 255 g/mol. The molecule has 0 heterocycles. The van der Waals surface area contributed by atoms with E-state index in [1.165, 1.54) is 7.05 Å². The summed E-state index contributed by atoms with van der Waals surface area (Å²) in [6, 6.07) is 1.98. The first-order valence-electron chi connectivity index (χ1n) is 5.37. The second kappa shape index (κ2) is 5.48. The number of halogens is 1. The van der Waals surface area contributed by atoms with Crippen molar-refractivity contribution in [2.45, 2.75) is 19.4 Å². The summed E-state index contributed by atoms with van der Waals surface area (Å²) < 4.78 is 12.8. The van der Waals surface area contributed by atoms with Crippen LogP contribution in [0, 0.1) is 5.82 Å². The van der Waals surface area contributed by atoms with Crippen molar-refractivity contribution in [3.8, 4) is 5.75 Å². The summed E-state index contributed by atoms with van der Waals surface area (Å²) in [6.45, 7) is 1.63. The number of likely N-dealkylation sites (N-methyl/N-ethyl adjacent to an activating group) is 1. The minimum Gasteiger partial charge on any atom is -0.507 e. The molecular weight excluding hydrogens is 241 g/mol. The second-order valence-electron chi connectivity index (χ2n) is 3.84. The van der Waals surface area contributed by atoms with Gasteiger partial charge >= 0.3 is 5.97 Å². The van der Waals surface area contributed by atoms with E-state index in [0.717, 1.165) is 23.1 Å². The van der Waals surface area contributed by atoms with Crippen LogP contribution in [0.4, 0.5) is 4.39 Å². The Morgan fingerprint density at radius 2 is 2.06 bits per heavy atom. The van der Waals surface area contributed by atoms with E-state index in [1.54, 1.807) is 6.92 Å². The molecule has 0 bridgehead atoms. The van der Waals surface area contributed by atoms with Gasteiger partial charge in [0, 0.05) is 13.1 Å². The SMILES string of the molecule is CCC(C(=O)O)N(C)C(=O)c1ccc(F)cc1O. The standard InChI is InChI=1S/C12H14FNO4/c1-3-9(12(17)18)14(2)11(16)8-5-4-7(13)6-10(8)15/h4-6,9,15H,3H2,1-2H3,(H,17,18). The highest BCUT2D eigenvalue weighted by Crippen LogP contribution is 2.20. The number of benzene rings is 1. The van der Waals surface area contributed by atoms with Crippen molar-refractivity contribution in [3.05, 3.63) is 29.6 Å². The third-order valence-electron chi connectivity index (χ3n) is 2.65. The van der Waals surface area contributed by atoms with Gasteiger partial charge in [-0.2, -0.15) is 0 Å². The highest BCUT2D eigenvalue weighted by atomic mass is 19.1. The molecule has 98 valence electrons. The number of nitrogens with zero attached hydrogens (tertiary/aromatic N) is 1. The number of phenols is 1. The van der Waals surface area contributed by atoms with Crippen molar-refractivity contribution in [2.75, 3.05) is 7.05 Å². The summed E-state index contributed by atoms with van der Waals surface area (Å²) in [7, 11) is 1.33. The Kier molecular flexibility index (Phi) is 4.25. The molecule has 18 heavy (non-hydrogen) atoms. The summed E-state index contributed by atoms with van der Waals surface area (Å²) >= 11 is 0. The minimum absolute atomic E-state index is 0.126. The van der Waals surface area contributed by atoms with Crippen LogP contribution in [0.5, 0.6) is 5.75 Å². The zero-order valence-electron chi connectivity index (χ0n) is 10.1. The maximum Gasteiger partial charge on any atom is 0.326 e. The van der Waals surface area contributed by atoms with E-state index in [1.807, 2.05) is 0 Å². The molecular formula is C12H14FNO4. The molecule has 0 saturated carbocycles. The molecule has 2 N–H and O–H groups in total. The normalized spacial score (nSPS) is 11.9. The fraction of sp³-hybridized carbons (Fsp3) is 0.333. The molecule has 0 fully saturated rings. The van der Waals surface area contributed by atoms with Crippen molar-refractivity contribution in [3.63, 3.8) is 0 Å². The van der Waals surface area contributed by atoms with Gasteiger partial charge in [-0.25, -0.2) is 9.18 Å². The molecule has 1 amide bonds. The molecule has 5 nitrogen and oxygen atoms in total. The van der Waals surface area contributed by atoms with Gasteiger partial charge in [0.05, 0.1) is 5.56 Å². The Morgan fingerprint density at radius 3 is 2.50 bits per heavy atom. The zero-order chi connectivity index (χ0) is 13.9. The fourth-order valence-corrected chi connectivity index (χ4v) is 1.63. The minimum atomic E-state index is -1.13. The van der Waals surface area contributed by atoms with E-state index in [2.05, 4.69) is 0 Å². The highest BCUT2D eigenvalue weighted by Gasteiger charge is 2.26. The van der Waals surface area contributed by atoms with Gasteiger partial charge in [-0.15, -0.1) is 0 Å². The van der Waals surface area contributed by atoms with Gasteiger partial charge in [0.2, 0.25) is 0 Å². The van der Waals surface area contributed by atoms with Gasteiger partial charge in [0.15, 0.2) is 0 Å². The van der Waals surface area contributed by atoms with E-state index in [0.29, 0.717) is 0 Å². The summed E-state index contributed by atoms with van der Waals surface area (Å²) in [5, 5.41) is 18.4. The third kappa shape index (κ3) is 2.77. The van der Waals surface area contributed by atoms with Crippen LogP contribution >= 0.6 is 0 Å². The number of rotatable bonds is 4. The van der Waals surface area contributed by atoms with Gasteiger partial charge in [-0.05, 0) is 18.6 Å². The first-order chi connectivity index (χ1) is 8.38. The van der Waals surface area contributed by atoms with Gasteiger partial charge < -0.3 is 15.1 Å². The number of hydrogen-bond acceptors (Lipinski definition) is 3. The van der Waals surface area contributed by atoms with Crippen LogP contribution in [0.2, 0.25) is 0 Å². The number of amides is 1. The maximum atomic E-state index is 12.8. The number of carboxylic acids is 1. The van der Waals surface area contributed by atoms with Crippen LogP contribution in [-0.2, 0) is 4.79 Å². The molecule has 1 aromatic rings. The molecule has 1 atom stereocenters. The molecule has 1 rings (SSSR count). The molecule has 0 aromatic heterocycles. The Bertz CT molecular complexity index is 475. The summed E-state index contributed by atoms with van der Waals surface area (Å²) in [5.41, 5.74) is -0.126. The zero-order valence-corrected chi connectivity index (χ0v) is 10.1. The Labute approximate surface area is 103 Å². The maximum absolute atomic E-state index is 12.8. The van der Waals surface area contributed by atoms with Crippen LogP contribution < -0.4 is 0 Å². The molecule has 1 unspecified atom stereocenters. The molecule has 0 aliphatic rings. The number of phenolic OH excluding ortho intramolecular Hbond substituents is 1. The molecule has 0 aliphatic heterocycles. The van der Waals surface area contributed by atoms with Crippen LogP contribution in [0.15, 0.2) is 18.2 Å². The number of hydrogen-bond donors (Lipinski definition) is 2. The van der Waals surface area contributed by atoms with Gasteiger partial charge in [-0.3, -0.25) is 4.79 Å². The van der Waals surface area contributed by atoms with Crippen molar-refractivity contribution < 1.29 is 24.2 Å². The monoisotopic (exact) mass is 255 g/mol. The predicted molar refractivity (Wildman–Crippen MR) is 61.9 cm³/mol. The lowest BCUT2D eigenvalue weighted by molar-refractivity contribution is -0.142. The lowest BCUT2D eigenvalue weighted by Crippen LogP contribution is -2.42. The van der Waals surface area contributed by atoms with Crippen LogP contribution in [0.1, 0.15) is 23.7 Å². The van der Waals surface area contributed by atoms with Crippen molar-refractivity contribution in [1.29, 1.82) is 0 Å². The lowest BCUT2D eigenvalue weighted by Gasteiger charge is -2.24. The number of carbonyl (C=O) groups excluding carboxylic acids is 1. The van der Waals surface area contributed by atoms with Crippen LogP contribution in [-0.4, -0.2) is 40.1 Å². The highest BCUT2D eigenvalue weighted by molar-refractivity contribution is 5.98. The molecule has 6 heteroatoms. The summed E-state index contributed by atoms with van der Waals surface area (Å²) in [4.78, 5) is 23.9. The van der Waals surface area contributed by atoms with Gasteiger partial charge in [0.1, 0.15) is 17.6 Å². The molecule has 1 aromatic carbocycles. The summed E-state index contributed by atoms with van der Waals surface area (Å²) in [6.07, 6.45) is 0.236. The van der Waals surface area contributed by atoms with E-state index >= 15 is 0 Å². The van der Waals surface area contributed by atoms with Crippen molar-refractivity contribution in [2.24, 2.45) is 0 Å². The molecule has 0 saturated heterocycles. The van der Waals surface area contributed by atoms with Gasteiger partial charge in [0.25, 0.3) is 5.91 Å². The molecule has 0 aliphatic carbocycles. The third-order valence-corrected chi connectivity index (χ3v) is 2.65. The topological polar surface area (TPSA) is 77.8 Å². The first-order valence-corrected chi connectivity index (χ1v) is 5.37.